The standard InChI is InChI=1S/C26H30N2O4/c1-18-4-6-20(7-5-18)23-17-32-25-16-24(30-3)21(15-22(23)25)19(2)14-26(29)27-8-9-28-10-12-31-13-11-28/h4-7,14-17H,8-13H2,1-3H3,(H,27,29)/b19-14+. The van der Waals surface area contributed by atoms with E-state index in [1.165, 1.54) is 5.56 Å². The van der Waals surface area contributed by atoms with Crippen molar-refractivity contribution in [1.29, 1.82) is 0 Å². The van der Waals surface area contributed by atoms with Gasteiger partial charge in [0.05, 0.1) is 26.6 Å². The van der Waals surface area contributed by atoms with Gasteiger partial charge in [-0.05, 0) is 31.1 Å². The molecule has 2 aromatic carbocycles. The highest BCUT2D eigenvalue weighted by molar-refractivity contribution is 6.00. The zero-order valence-electron chi connectivity index (χ0n) is 18.9. The molecule has 2 heterocycles. The minimum atomic E-state index is -0.108. The van der Waals surface area contributed by atoms with Crippen molar-refractivity contribution in [2.45, 2.75) is 13.8 Å². The van der Waals surface area contributed by atoms with Gasteiger partial charge in [0.25, 0.3) is 0 Å². The van der Waals surface area contributed by atoms with E-state index in [-0.39, 0.29) is 5.91 Å². The molecular weight excluding hydrogens is 404 g/mol. The fraction of sp³-hybridized carbons (Fsp3) is 0.346. The number of hydrogen-bond donors (Lipinski definition) is 1. The van der Waals surface area contributed by atoms with E-state index in [0.717, 1.165) is 66.1 Å². The van der Waals surface area contributed by atoms with E-state index >= 15 is 0 Å². The number of ether oxygens (including phenoxy) is 2. The summed E-state index contributed by atoms with van der Waals surface area (Å²) in [6.45, 7) is 8.77. The number of carbonyl (C=O) groups excluding carboxylic acids is 1. The lowest BCUT2D eigenvalue weighted by atomic mass is 9.99. The predicted molar refractivity (Wildman–Crippen MR) is 127 cm³/mol. The fourth-order valence-electron chi connectivity index (χ4n) is 3.98. The maximum atomic E-state index is 12.5. The van der Waals surface area contributed by atoms with Crippen LogP contribution < -0.4 is 10.1 Å². The summed E-state index contributed by atoms with van der Waals surface area (Å²) in [6, 6.07) is 12.3. The van der Waals surface area contributed by atoms with E-state index in [0.29, 0.717) is 12.3 Å². The van der Waals surface area contributed by atoms with Crippen molar-refractivity contribution in [2.24, 2.45) is 0 Å². The maximum absolute atomic E-state index is 12.5. The molecule has 6 heteroatoms. The first-order valence-corrected chi connectivity index (χ1v) is 11.0. The maximum Gasteiger partial charge on any atom is 0.244 e. The third-order valence-electron chi connectivity index (χ3n) is 5.86. The number of allylic oxidation sites excluding steroid dienone is 1. The van der Waals surface area contributed by atoms with Gasteiger partial charge < -0.3 is 19.2 Å². The normalized spacial score (nSPS) is 15.2. The van der Waals surface area contributed by atoms with Gasteiger partial charge in [0.2, 0.25) is 5.91 Å². The molecule has 4 rings (SSSR count). The van der Waals surface area contributed by atoms with Crippen LogP contribution in [0.4, 0.5) is 0 Å². The largest absolute Gasteiger partial charge is 0.496 e. The van der Waals surface area contributed by atoms with Crippen LogP contribution >= 0.6 is 0 Å². The summed E-state index contributed by atoms with van der Waals surface area (Å²) in [4.78, 5) is 14.8. The van der Waals surface area contributed by atoms with Gasteiger partial charge in [0.15, 0.2) is 0 Å². The number of hydrogen-bond acceptors (Lipinski definition) is 5. The van der Waals surface area contributed by atoms with E-state index < -0.39 is 0 Å². The van der Waals surface area contributed by atoms with Gasteiger partial charge >= 0.3 is 0 Å². The topological polar surface area (TPSA) is 63.9 Å². The first-order chi connectivity index (χ1) is 15.5. The number of morpholine rings is 1. The average molecular weight is 435 g/mol. The molecule has 1 fully saturated rings. The van der Waals surface area contributed by atoms with Crippen LogP contribution in [0, 0.1) is 6.92 Å². The second-order valence-corrected chi connectivity index (χ2v) is 8.14. The van der Waals surface area contributed by atoms with Crippen molar-refractivity contribution in [1.82, 2.24) is 10.2 Å². The molecule has 0 unspecified atom stereocenters. The van der Waals surface area contributed by atoms with Gasteiger partial charge in [0, 0.05) is 54.8 Å². The number of nitrogens with zero attached hydrogens (tertiary/aromatic N) is 1. The van der Waals surface area contributed by atoms with Gasteiger partial charge in [-0.2, -0.15) is 0 Å². The molecule has 1 aromatic heterocycles. The lowest BCUT2D eigenvalue weighted by Gasteiger charge is -2.26. The molecular formula is C26H30N2O4. The Bertz CT molecular complexity index is 1110. The first kappa shape index (κ1) is 22.1. The van der Waals surface area contributed by atoms with Crippen molar-refractivity contribution < 1.29 is 18.7 Å². The molecule has 1 aliphatic heterocycles. The van der Waals surface area contributed by atoms with E-state index in [2.05, 4.69) is 41.4 Å². The molecule has 0 bridgehead atoms. The van der Waals surface area contributed by atoms with Crippen LogP contribution in [0.1, 0.15) is 18.1 Å². The number of aryl methyl sites for hydroxylation is 1. The summed E-state index contributed by atoms with van der Waals surface area (Å²) < 4.78 is 16.8. The lowest BCUT2D eigenvalue weighted by molar-refractivity contribution is -0.116. The van der Waals surface area contributed by atoms with Crippen molar-refractivity contribution in [3.05, 3.63) is 59.9 Å². The van der Waals surface area contributed by atoms with Crippen LogP contribution in [0.15, 0.2) is 53.2 Å². The number of fused-ring (bicyclic) bond motifs is 1. The monoisotopic (exact) mass is 434 g/mol. The number of nitrogens with one attached hydrogen (secondary N) is 1. The van der Waals surface area contributed by atoms with Crippen molar-refractivity contribution in [3.63, 3.8) is 0 Å². The minimum Gasteiger partial charge on any atom is -0.496 e. The smallest absolute Gasteiger partial charge is 0.244 e. The molecule has 1 aliphatic rings. The van der Waals surface area contributed by atoms with E-state index in [9.17, 15) is 4.79 Å². The summed E-state index contributed by atoms with van der Waals surface area (Å²) in [5.74, 6) is 0.570. The molecule has 6 nitrogen and oxygen atoms in total. The number of rotatable bonds is 7. The lowest BCUT2D eigenvalue weighted by Crippen LogP contribution is -2.41. The van der Waals surface area contributed by atoms with Crippen LogP contribution in [0.2, 0.25) is 0 Å². The van der Waals surface area contributed by atoms with Gasteiger partial charge in [-0.1, -0.05) is 29.8 Å². The van der Waals surface area contributed by atoms with Crippen LogP contribution in [0.5, 0.6) is 5.75 Å². The number of carbonyl (C=O) groups is 1. The third kappa shape index (κ3) is 5.03. The number of furan rings is 1. The highest BCUT2D eigenvalue weighted by atomic mass is 16.5. The molecule has 1 saturated heterocycles. The van der Waals surface area contributed by atoms with E-state index in [4.69, 9.17) is 13.9 Å². The third-order valence-corrected chi connectivity index (χ3v) is 5.86. The quantitative estimate of drug-likeness (QED) is 0.563. The van der Waals surface area contributed by atoms with Gasteiger partial charge in [-0.25, -0.2) is 0 Å². The predicted octanol–water partition coefficient (Wildman–Crippen LogP) is 4.27. The highest BCUT2D eigenvalue weighted by Gasteiger charge is 2.15. The Morgan fingerprint density at radius 3 is 2.66 bits per heavy atom. The Labute approximate surface area is 188 Å². The van der Waals surface area contributed by atoms with E-state index in [1.54, 1.807) is 19.4 Å². The van der Waals surface area contributed by atoms with Crippen molar-refractivity contribution >= 4 is 22.4 Å². The summed E-state index contributed by atoms with van der Waals surface area (Å²) in [5.41, 5.74) is 5.78. The summed E-state index contributed by atoms with van der Waals surface area (Å²) in [6.07, 6.45) is 3.41. The Morgan fingerprint density at radius 1 is 1.19 bits per heavy atom. The molecule has 0 saturated carbocycles. The molecule has 1 amide bonds. The van der Waals surface area contributed by atoms with Crippen LogP contribution in [0.25, 0.3) is 27.7 Å². The summed E-state index contributed by atoms with van der Waals surface area (Å²) in [7, 11) is 1.63. The zero-order valence-corrected chi connectivity index (χ0v) is 18.9. The van der Waals surface area contributed by atoms with Crippen LogP contribution in [-0.2, 0) is 9.53 Å². The second kappa shape index (κ2) is 10.0. The molecule has 32 heavy (non-hydrogen) atoms. The number of amides is 1. The van der Waals surface area contributed by atoms with Gasteiger partial charge in [0.1, 0.15) is 11.3 Å². The Hall–Kier alpha value is -3.09. The minimum absolute atomic E-state index is 0.108. The molecule has 1 N–H and O–H groups in total. The number of benzene rings is 2. The molecule has 0 aliphatic carbocycles. The summed E-state index contributed by atoms with van der Waals surface area (Å²) >= 11 is 0. The average Bonchev–Trinajstić information content (AvgIpc) is 3.22. The Morgan fingerprint density at radius 2 is 1.94 bits per heavy atom. The zero-order chi connectivity index (χ0) is 22.5. The number of methoxy groups -OCH3 is 1. The molecule has 0 radical (unpaired) electrons. The van der Waals surface area contributed by atoms with Gasteiger partial charge in [-0.15, -0.1) is 0 Å². The van der Waals surface area contributed by atoms with Crippen molar-refractivity contribution in [3.8, 4) is 16.9 Å². The molecule has 0 spiro atoms. The molecule has 168 valence electrons. The van der Waals surface area contributed by atoms with Crippen LogP contribution in [-0.4, -0.2) is 57.3 Å². The van der Waals surface area contributed by atoms with Crippen LogP contribution in [0.3, 0.4) is 0 Å². The second-order valence-electron chi connectivity index (χ2n) is 8.14. The SMILES string of the molecule is COc1cc2occ(-c3ccc(C)cc3)c2cc1/C(C)=C/C(=O)NCCN1CCOCC1. The van der Waals surface area contributed by atoms with Crippen molar-refractivity contribution in [2.75, 3.05) is 46.5 Å². The fourth-order valence-corrected chi connectivity index (χ4v) is 3.98. The summed E-state index contributed by atoms with van der Waals surface area (Å²) in [5, 5.41) is 3.98. The Kier molecular flexibility index (Phi) is 6.93. The highest BCUT2D eigenvalue weighted by Crippen LogP contribution is 2.37. The van der Waals surface area contributed by atoms with Gasteiger partial charge in [-0.3, -0.25) is 9.69 Å². The molecule has 0 atom stereocenters. The van der Waals surface area contributed by atoms with E-state index in [1.807, 2.05) is 19.1 Å². The first-order valence-electron chi connectivity index (χ1n) is 11.0. The molecule has 3 aromatic rings. The Balaban J connectivity index is 1.54.